The van der Waals surface area contributed by atoms with Gasteiger partial charge in [-0.05, 0) is 60.8 Å². The number of ether oxygens (including phenoxy) is 1. The third kappa shape index (κ3) is 2.85. The summed E-state index contributed by atoms with van der Waals surface area (Å²) in [7, 11) is 1.75. The summed E-state index contributed by atoms with van der Waals surface area (Å²) in [5.74, 6) is 0.993. The van der Waals surface area contributed by atoms with Gasteiger partial charge >= 0.3 is 0 Å². The zero-order valence-electron chi connectivity index (χ0n) is 12.9. The standard InChI is InChI=1S/C18H27NO/c1-18(10-3-4-11-18)13-19-17-7-5-6-14-12-15(20-2)8-9-16(14)17/h8-9,12,17,19H,3-7,10-11,13H2,1-2H3. The van der Waals surface area contributed by atoms with Gasteiger partial charge < -0.3 is 10.1 Å². The van der Waals surface area contributed by atoms with Gasteiger partial charge in [0.25, 0.3) is 0 Å². The molecule has 0 aromatic heterocycles. The van der Waals surface area contributed by atoms with Gasteiger partial charge in [-0.15, -0.1) is 0 Å². The second-order valence-corrected chi connectivity index (χ2v) is 6.91. The number of fused-ring (bicyclic) bond motifs is 1. The summed E-state index contributed by atoms with van der Waals surface area (Å²) in [6, 6.07) is 7.14. The first-order chi connectivity index (χ1) is 9.70. The molecule has 2 aliphatic rings. The third-order valence-electron chi connectivity index (χ3n) is 5.25. The lowest BCUT2D eigenvalue weighted by Crippen LogP contribution is -2.34. The normalized spacial score (nSPS) is 24.4. The molecule has 1 aromatic carbocycles. The van der Waals surface area contributed by atoms with Crippen molar-refractivity contribution in [3.63, 3.8) is 0 Å². The first-order valence-electron chi connectivity index (χ1n) is 8.10. The Hall–Kier alpha value is -1.02. The Morgan fingerprint density at radius 1 is 1.25 bits per heavy atom. The zero-order valence-corrected chi connectivity index (χ0v) is 12.9. The molecule has 0 heterocycles. The van der Waals surface area contributed by atoms with Gasteiger partial charge in [-0.1, -0.05) is 25.8 Å². The maximum atomic E-state index is 5.35. The Labute approximate surface area is 122 Å². The van der Waals surface area contributed by atoms with Crippen molar-refractivity contribution in [2.45, 2.75) is 57.9 Å². The van der Waals surface area contributed by atoms with Gasteiger partial charge in [0.1, 0.15) is 5.75 Å². The van der Waals surface area contributed by atoms with E-state index in [1.54, 1.807) is 7.11 Å². The fourth-order valence-corrected chi connectivity index (χ4v) is 3.90. The summed E-state index contributed by atoms with van der Waals surface area (Å²) in [6.07, 6.45) is 9.36. The SMILES string of the molecule is COc1ccc2c(c1)CCCC2NCC1(C)CCCC1. The summed E-state index contributed by atoms with van der Waals surface area (Å²) in [5.41, 5.74) is 3.51. The quantitative estimate of drug-likeness (QED) is 0.886. The van der Waals surface area contributed by atoms with Crippen LogP contribution in [0.25, 0.3) is 0 Å². The summed E-state index contributed by atoms with van der Waals surface area (Å²) < 4.78 is 5.35. The monoisotopic (exact) mass is 273 g/mol. The Kier molecular flexibility index (Phi) is 4.02. The summed E-state index contributed by atoms with van der Waals surface area (Å²) in [4.78, 5) is 0. The van der Waals surface area contributed by atoms with Crippen molar-refractivity contribution in [3.8, 4) is 5.75 Å². The first-order valence-corrected chi connectivity index (χ1v) is 8.10. The average molecular weight is 273 g/mol. The second-order valence-electron chi connectivity index (χ2n) is 6.91. The molecule has 0 radical (unpaired) electrons. The van der Waals surface area contributed by atoms with E-state index in [4.69, 9.17) is 4.74 Å². The van der Waals surface area contributed by atoms with Crippen LogP contribution in [-0.2, 0) is 6.42 Å². The van der Waals surface area contributed by atoms with E-state index in [9.17, 15) is 0 Å². The van der Waals surface area contributed by atoms with Crippen molar-refractivity contribution >= 4 is 0 Å². The van der Waals surface area contributed by atoms with Gasteiger partial charge in [-0.3, -0.25) is 0 Å². The van der Waals surface area contributed by atoms with Crippen molar-refractivity contribution in [3.05, 3.63) is 29.3 Å². The number of aryl methyl sites for hydroxylation is 1. The third-order valence-corrected chi connectivity index (χ3v) is 5.25. The van der Waals surface area contributed by atoms with Crippen LogP contribution in [0.2, 0.25) is 0 Å². The van der Waals surface area contributed by atoms with Crippen molar-refractivity contribution < 1.29 is 4.74 Å². The molecule has 2 aliphatic carbocycles. The minimum atomic E-state index is 0.532. The van der Waals surface area contributed by atoms with E-state index in [1.165, 1.54) is 62.6 Å². The molecule has 110 valence electrons. The zero-order chi connectivity index (χ0) is 14.0. The van der Waals surface area contributed by atoms with Crippen molar-refractivity contribution in [1.82, 2.24) is 5.32 Å². The number of nitrogens with one attached hydrogen (secondary N) is 1. The van der Waals surface area contributed by atoms with Crippen LogP contribution in [0, 0.1) is 5.41 Å². The Bertz CT molecular complexity index is 462. The predicted octanol–water partition coefficient (Wildman–Crippen LogP) is 4.24. The molecule has 0 saturated heterocycles. The Morgan fingerprint density at radius 2 is 2.05 bits per heavy atom. The molecule has 1 unspecified atom stereocenters. The summed E-state index contributed by atoms with van der Waals surface area (Å²) in [6.45, 7) is 3.62. The van der Waals surface area contributed by atoms with Gasteiger partial charge in [0.2, 0.25) is 0 Å². The van der Waals surface area contributed by atoms with Crippen LogP contribution in [0.5, 0.6) is 5.75 Å². The Morgan fingerprint density at radius 3 is 2.80 bits per heavy atom. The van der Waals surface area contributed by atoms with Crippen LogP contribution < -0.4 is 10.1 Å². The largest absolute Gasteiger partial charge is 0.497 e. The number of methoxy groups -OCH3 is 1. The van der Waals surface area contributed by atoms with Crippen molar-refractivity contribution in [2.24, 2.45) is 5.41 Å². The van der Waals surface area contributed by atoms with Crippen LogP contribution in [0.3, 0.4) is 0 Å². The van der Waals surface area contributed by atoms with E-state index in [-0.39, 0.29) is 0 Å². The molecule has 3 rings (SSSR count). The lowest BCUT2D eigenvalue weighted by molar-refractivity contribution is 0.289. The average Bonchev–Trinajstić information content (AvgIpc) is 2.91. The molecule has 20 heavy (non-hydrogen) atoms. The van der Waals surface area contributed by atoms with Gasteiger partial charge in [0.15, 0.2) is 0 Å². The number of hydrogen-bond acceptors (Lipinski definition) is 2. The van der Waals surface area contributed by atoms with Gasteiger partial charge in [-0.25, -0.2) is 0 Å². The molecular formula is C18H27NO. The molecule has 1 aromatic rings. The first kappa shape index (κ1) is 13.9. The fraction of sp³-hybridized carbons (Fsp3) is 0.667. The Balaban J connectivity index is 1.70. The predicted molar refractivity (Wildman–Crippen MR) is 83.3 cm³/mol. The van der Waals surface area contributed by atoms with Crippen LogP contribution in [0.1, 0.15) is 62.6 Å². The topological polar surface area (TPSA) is 21.3 Å². The van der Waals surface area contributed by atoms with Crippen LogP contribution in [0.4, 0.5) is 0 Å². The fourth-order valence-electron chi connectivity index (χ4n) is 3.90. The van der Waals surface area contributed by atoms with Gasteiger partial charge in [-0.2, -0.15) is 0 Å². The number of hydrogen-bond donors (Lipinski definition) is 1. The lowest BCUT2D eigenvalue weighted by Gasteiger charge is -2.31. The summed E-state index contributed by atoms with van der Waals surface area (Å²) >= 11 is 0. The van der Waals surface area contributed by atoms with Crippen molar-refractivity contribution in [2.75, 3.05) is 13.7 Å². The van der Waals surface area contributed by atoms with E-state index in [2.05, 4.69) is 30.4 Å². The molecule has 0 amide bonds. The molecule has 0 spiro atoms. The highest BCUT2D eigenvalue weighted by molar-refractivity contribution is 5.39. The minimum absolute atomic E-state index is 0.532. The second kappa shape index (κ2) is 5.77. The van der Waals surface area contributed by atoms with Gasteiger partial charge in [0.05, 0.1) is 7.11 Å². The smallest absolute Gasteiger partial charge is 0.119 e. The molecule has 0 aliphatic heterocycles. The van der Waals surface area contributed by atoms with E-state index >= 15 is 0 Å². The highest BCUT2D eigenvalue weighted by Gasteiger charge is 2.30. The lowest BCUT2D eigenvalue weighted by atomic mass is 9.85. The molecule has 1 atom stereocenters. The minimum Gasteiger partial charge on any atom is -0.497 e. The highest BCUT2D eigenvalue weighted by Crippen LogP contribution is 2.38. The number of rotatable bonds is 4. The van der Waals surface area contributed by atoms with E-state index in [0.29, 0.717) is 11.5 Å². The van der Waals surface area contributed by atoms with E-state index in [0.717, 1.165) is 5.75 Å². The molecule has 1 fully saturated rings. The number of benzene rings is 1. The van der Waals surface area contributed by atoms with E-state index in [1.807, 2.05) is 0 Å². The summed E-state index contributed by atoms with van der Waals surface area (Å²) in [5, 5.41) is 3.86. The van der Waals surface area contributed by atoms with Crippen LogP contribution in [-0.4, -0.2) is 13.7 Å². The van der Waals surface area contributed by atoms with Crippen LogP contribution in [0.15, 0.2) is 18.2 Å². The maximum Gasteiger partial charge on any atom is 0.119 e. The van der Waals surface area contributed by atoms with Crippen molar-refractivity contribution in [1.29, 1.82) is 0 Å². The molecule has 1 saturated carbocycles. The molecular weight excluding hydrogens is 246 g/mol. The van der Waals surface area contributed by atoms with Gasteiger partial charge in [0, 0.05) is 12.6 Å². The molecule has 1 N–H and O–H groups in total. The van der Waals surface area contributed by atoms with Crippen LogP contribution >= 0.6 is 0 Å². The maximum absolute atomic E-state index is 5.35. The molecule has 0 bridgehead atoms. The highest BCUT2D eigenvalue weighted by atomic mass is 16.5. The molecule has 2 nitrogen and oxygen atoms in total. The van der Waals surface area contributed by atoms with E-state index < -0.39 is 0 Å². The molecule has 2 heteroatoms.